The third-order valence-corrected chi connectivity index (χ3v) is 3.68. The molecule has 1 aliphatic heterocycles. The highest BCUT2D eigenvalue weighted by Gasteiger charge is 2.27. The summed E-state index contributed by atoms with van der Waals surface area (Å²) in [4.78, 5) is 0. The van der Waals surface area contributed by atoms with E-state index in [4.69, 9.17) is 15.2 Å². The van der Waals surface area contributed by atoms with E-state index < -0.39 is 0 Å². The van der Waals surface area contributed by atoms with Gasteiger partial charge in [0.15, 0.2) is 0 Å². The van der Waals surface area contributed by atoms with Crippen molar-refractivity contribution in [2.75, 3.05) is 19.8 Å². The van der Waals surface area contributed by atoms with Gasteiger partial charge in [0.25, 0.3) is 0 Å². The average Bonchev–Trinajstić information content (AvgIpc) is 2.31. The summed E-state index contributed by atoms with van der Waals surface area (Å²) >= 11 is 0. The summed E-state index contributed by atoms with van der Waals surface area (Å²) < 4.78 is 11.5. The van der Waals surface area contributed by atoms with Gasteiger partial charge in [-0.15, -0.1) is 0 Å². The molecule has 2 unspecified atom stereocenters. The van der Waals surface area contributed by atoms with Crippen molar-refractivity contribution in [2.24, 2.45) is 11.7 Å². The number of hydrogen-bond donors (Lipinski definition) is 1. The third kappa shape index (κ3) is 3.16. The van der Waals surface area contributed by atoms with Gasteiger partial charge in [0.2, 0.25) is 0 Å². The number of ether oxygens (including phenoxy) is 2. The van der Waals surface area contributed by atoms with Gasteiger partial charge in [0.05, 0.1) is 12.2 Å². The Bertz CT molecular complexity index is 180. The summed E-state index contributed by atoms with van der Waals surface area (Å²) in [6, 6.07) is 0. The Hall–Kier alpha value is -0.120. The maximum Gasteiger partial charge on any atom is 0.0622 e. The summed E-state index contributed by atoms with van der Waals surface area (Å²) in [6.07, 6.45) is 8.08. The van der Waals surface area contributed by atoms with Gasteiger partial charge in [-0.3, -0.25) is 0 Å². The maximum absolute atomic E-state index is 6.18. The smallest absolute Gasteiger partial charge is 0.0622 e. The molecule has 2 aliphatic rings. The van der Waals surface area contributed by atoms with Crippen LogP contribution in [0.15, 0.2) is 0 Å². The van der Waals surface area contributed by atoms with Gasteiger partial charge in [0.1, 0.15) is 0 Å². The molecule has 2 atom stereocenters. The fourth-order valence-electron chi connectivity index (χ4n) is 2.68. The molecule has 0 amide bonds. The Morgan fingerprint density at radius 1 is 1.07 bits per heavy atom. The van der Waals surface area contributed by atoms with Crippen LogP contribution in [0.2, 0.25) is 0 Å². The summed E-state index contributed by atoms with van der Waals surface area (Å²) in [7, 11) is 0. The lowest BCUT2D eigenvalue weighted by atomic mass is 9.86. The standard InChI is InChI=1S/C12H23NO2/c13-9-10-3-1-2-4-12(10)15-11-5-7-14-8-6-11/h10-12H,1-9,13H2. The Labute approximate surface area is 92.3 Å². The first-order valence-corrected chi connectivity index (χ1v) is 6.33. The Morgan fingerprint density at radius 2 is 1.80 bits per heavy atom. The fourth-order valence-corrected chi connectivity index (χ4v) is 2.68. The number of rotatable bonds is 3. The summed E-state index contributed by atoms with van der Waals surface area (Å²) in [5.74, 6) is 0.599. The maximum atomic E-state index is 6.18. The zero-order valence-electron chi connectivity index (χ0n) is 9.49. The molecule has 2 N–H and O–H groups in total. The lowest BCUT2D eigenvalue weighted by molar-refractivity contribution is -0.0960. The molecule has 0 radical (unpaired) electrons. The van der Waals surface area contributed by atoms with Crippen molar-refractivity contribution >= 4 is 0 Å². The van der Waals surface area contributed by atoms with Crippen LogP contribution in [0.5, 0.6) is 0 Å². The summed E-state index contributed by atoms with van der Waals surface area (Å²) in [5, 5.41) is 0. The van der Waals surface area contributed by atoms with Crippen LogP contribution in [0.3, 0.4) is 0 Å². The number of hydrogen-bond acceptors (Lipinski definition) is 3. The molecule has 0 spiro atoms. The largest absolute Gasteiger partial charge is 0.381 e. The van der Waals surface area contributed by atoms with Gasteiger partial charge < -0.3 is 15.2 Å². The van der Waals surface area contributed by atoms with Crippen molar-refractivity contribution < 1.29 is 9.47 Å². The molecular weight excluding hydrogens is 190 g/mol. The Morgan fingerprint density at radius 3 is 2.53 bits per heavy atom. The predicted molar refractivity (Wildman–Crippen MR) is 59.7 cm³/mol. The number of nitrogens with two attached hydrogens (primary N) is 1. The second-order valence-electron chi connectivity index (χ2n) is 4.77. The zero-order valence-corrected chi connectivity index (χ0v) is 9.49. The van der Waals surface area contributed by atoms with E-state index in [9.17, 15) is 0 Å². The predicted octanol–water partition coefficient (Wildman–Crippen LogP) is 1.70. The first kappa shape index (κ1) is 11.4. The van der Waals surface area contributed by atoms with E-state index >= 15 is 0 Å². The molecule has 3 heteroatoms. The van der Waals surface area contributed by atoms with Crippen LogP contribution in [0, 0.1) is 5.92 Å². The zero-order chi connectivity index (χ0) is 10.5. The minimum Gasteiger partial charge on any atom is -0.381 e. The van der Waals surface area contributed by atoms with E-state index in [0.29, 0.717) is 18.1 Å². The van der Waals surface area contributed by atoms with Crippen LogP contribution in [0.1, 0.15) is 38.5 Å². The van der Waals surface area contributed by atoms with Crippen LogP contribution in [0.25, 0.3) is 0 Å². The van der Waals surface area contributed by atoms with E-state index in [2.05, 4.69) is 0 Å². The second kappa shape index (κ2) is 5.83. The minimum atomic E-state index is 0.423. The monoisotopic (exact) mass is 213 g/mol. The lowest BCUT2D eigenvalue weighted by Gasteiger charge is -2.35. The molecule has 1 heterocycles. The van der Waals surface area contributed by atoms with E-state index in [-0.39, 0.29) is 0 Å². The topological polar surface area (TPSA) is 44.5 Å². The highest BCUT2D eigenvalue weighted by Crippen LogP contribution is 2.28. The highest BCUT2D eigenvalue weighted by molar-refractivity contribution is 4.78. The summed E-state index contributed by atoms with van der Waals surface area (Å²) in [6.45, 7) is 2.52. The molecule has 1 saturated heterocycles. The van der Waals surface area contributed by atoms with E-state index in [1.165, 1.54) is 25.7 Å². The van der Waals surface area contributed by atoms with E-state index in [1.807, 2.05) is 0 Å². The van der Waals surface area contributed by atoms with Gasteiger partial charge in [-0.25, -0.2) is 0 Å². The Balaban J connectivity index is 1.79. The molecule has 1 saturated carbocycles. The molecule has 0 bridgehead atoms. The van der Waals surface area contributed by atoms with Crippen molar-refractivity contribution in [3.8, 4) is 0 Å². The normalized spacial score (nSPS) is 34.2. The molecule has 0 aromatic heterocycles. The van der Waals surface area contributed by atoms with Crippen LogP contribution in [0.4, 0.5) is 0 Å². The van der Waals surface area contributed by atoms with Gasteiger partial charge in [-0.1, -0.05) is 12.8 Å². The molecule has 2 rings (SSSR count). The fraction of sp³-hybridized carbons (Fsp3) is 1.00. The van der Waals surface area contributed by atoms with Crippen LogP contribution in [-0.2, 0) is 9.47 Å². The van der Waals surface area contributed by atoms with Crippen molar-refractivity contribution in [1.82, 2.24) is 0 Å². The van der Waals surface area contributed by atoms with Gasteiger partial charge in [-0.05, 0) is 38.1 Å². The van der Waals surface area contributed by atoms with Crippen LogP contribution >= 0.6 is 0 Å². The molecule has 3 nitrogen and oxygen atoms in total. The van der Waals surface area contributed by atoms with E-state index in [0.717, 1.165) is 32.6 Å². The molecule has 1 aliphatic carbocycles. The molecule has 15 heavy (non-hydrogen) atoms. The van der Waals surface area contributed by atoms with Crippen molar-refractivity contribution in [3.63, 3.8) is 0 Å². The minimum absolute atomic E-state index is 0.423. The average molecular weight is 213 g/mol. The van der Waals surface area contributed by atoms with Crippen LogP contribution < -0.4 is 5.73 Å². The van der Waals surface area contributed by atoms with Gasteiger partial charge in [-0.2, -0.15) is 0 Å². The molecule has 0 aromatic carbocycles. The van der Waals surface area contributed by atoms with E-state index in [1.54, 1.807) is 0 Å². The molecular formula is C12H23NO2. The quantitative estimate of drug-likeness (QED) is 0.776. The Kier molecular flexibility index (Phi) is 4.42. The molecule has 0 aromatic rings. The van der Waals surface area contributed by atoms with Crippen molar-refractivity contribution in [3.05, 3.63) is 0 Å². The summed E-state index contributed by atoms with van der Waals surface area (Å²) in [5.41, 5.74) is 5.79. The SMILES string of the molecule is NCC1CCCCC1OC1CCOCC1. The lowest BCUT2D eigenvalue weighted by Crippen LogP contribution is -2.37. The van der Waals surface area contributed by atoms with Crippen molar-refractivity contribution in [1.29, 1.82) is 0 Å². The second-order valence-corrected chi connectivity index (χ2v) is 4.77. The third-order valence-electron chi connectivity index (χ3n) is 3.68. The highest BCUT2D eigenvalue weighted by atomic mass is 16.5. The first-order chi connectivity index (χ1) is 7.40. The van der Waals surface area contributed by atoms with Crippen LogP contribution in [-0.4, -0.2) is 32.0 Å². The van der Waals surface area contributed by atoms with Crippen molar-refractivity contribution in [2.45, 2.75) is 50.7 Å². The van der Waals surface area contributed by atoms with Gasteiger partial charge >= 0.3 is 0 Å². The molecule has 2 fully saturated rings. The van der Waals surface area contributed by atoms with Gasteiger partial charge in [0, 0.05) is 13.2 Å². The first-order valence-electron chi connectivity index (χ1n) is 6.33. The molecule has 88 valence electrons.